The van der Waals surface area contributed by atoms with Crippen LogP contribution in [-0.4, -0.2) is 12.3 Å². The maximum absolute atomic E-state index is 4.25. The van der Waals surface area contributed by atoms with Crippen molar-refractivity contribution in [1.82, 2.24) is 0 Å². The Morgan fingerprint density at radius 1 is 1.50 bits per heavy atom. The van der Waals surface area contributed by atoms with Gasteiger partial charge in [-0.3, -0.25) is 0 Å². The average molecular weight is 197 g/mol. The molecular weight excluding hydrogens is 186 g/mol. The summed E-state index contributed by atoms with van der Waals surface area (Å²) in [5, 5.41) is 3.37. The number of rotatable bonds is 1. The Balaban J connectivity index is 2.36. The standard InChI is InChI=1S/C9H11NS2/c11-6-7-1-2-8-9(5-7)12-4-3-10-8/h1-2,5,10-11H,3-4,6H2. The molecule has 1 heterocycles. The van der Waals surface area contributed by atoms with Gasteiger partial charge in [0.2, 0.25) is 0 Å². The van der Waals surface area contributed by atoms with Gasteiger partial charge in [0, 0.05) is 28.6 Å². The van der Waals surface area contributed by atoms with Gasteiger partial charge in [-0.15, -0.1) is 11.8 Å². The molecule has 0 spiro atoms. The number of fused-ring (bicyclic) bond motifs is 1. The minimum absolute atomic E-state index is 0.827. The second-order valence-corrected chi connectivity index (χ2v) is 4.22. The fourth-order valence-corrected chi connectivity index (χ4v) is 2.43. The third-order valence-electron chi connectivity index (χ3n) is 1.90. The smallest absolute Gasteiger partial charge is 0.0478 e. The molecule has 12 heavy (non-hydrogen) atoms. The number of thiol groups is 1. The van der Waals surface area contributed by atoms with Gasteiger partial charge in [0.1, 0.15) is 0 Å². The molecule has 1 aliphatic rings. The van der Waals surface area contributed by atoms with Gasteiger partial charge < -0.3 is 5.32 Å². The zero-order chi connectivity index (χ0) is 8.39. The Kier molecular flexibility index (Phi) is 2.51. The van der Waals surface area contributed by atoms with Crippen LogP contribution >= 0.6 is 24.4 Å². The highest BCUT2D eigenvalue weighted by Crippen LogP contribution is 2.31. The molecule has 1 aliphatic heterocycles. The van der Waals surface area contributed by atoms with Crippen LogP contribution in [0.2, 0.25) is 0 Å². The monoisotopic (exact) mass is 197 g/mol. The summed E-state index contributed by atoms with van der Waals surface area (Å²) in [6.45, 7) is 1.08. The SMILES string of the molecule is SCc1ccc2c(c1)SCCN2. The van der Waals surface area contributed by atoms with Crippen molar-refractivity contribution in [2.24, 2.45) is 0 Å². The van der Waals surface area contributed by atoms with Gasteiger partial charge in [0.25, 0.3) is 0 Å². The molecule has 1 N–H and O–H groups in total. The first-order valence-electron chi connectivity index (χ1n) is 4.00. The number of thioether (sulfide) groups is 1. The zero-order valence-electron chi connectivity index (χ0n) is 6.71. The van der Waals surface area contributed by atoms with Crippen LogP contribution in [0, 0.1) is 0 Å². The van der Waals surface area contributed by atoms with E-state index in [-0.39, 0.29) is 0 Å². The molecular formula is C9H11NS2. The second kappa shape index (κ2) is 3.62. The number of hydrogen-bond acceptors (Lipinski definition) is 3. The summed E-state index contributed by atoms with van der Waals surface area (Å²) >= 11 is 6.17. The zero-order valence-corrected chi connectivity index (χ0v) is 8.42. The summed E-state index contributed by atoms with van der Waals surface area (Å²) in [5.41, 5.74) is 2.57. The normalized spacial score (nSPS) is 15.1. The molecule has 0 aliphatic carbocycles. The minimum Gasteiger partial charge on any atom is -0.383 e. The van der Waals surface area contributed by atoms with Crippen LogP contribution in [0.4, 0.5) is 5.69 Å². The molecule has 0 atom stereocenters. The van der Waals surface area contributed by atoms with Gasteiger partial charge in [0.15, 0.2) is 0 Å². The second-order valence-electron chi connectivity index (χ2n) is 2.76. The summed E-state index contributed by atoms with van der Waals surface area (Å²) in [7, 11) is 0. The van der Waals surface area contributed by atoms with E-state index in [2.05, 4.69) is 36.1 Å². The molecule has 0 radical (unpaired) electrons. The highest BCUT2D eigenvalue weighted by atomic mass is 32.2. The Hall–Kier alpha value is -0.280. The van der Waals surface area contributed by atoms with E-state index in [4.69, 9.17) is 0 Å². The van der Waals surface area contributed by atoms with Crippen LogP contribution in [0.5, 0.6) is 0 Å². The van der Waals surface area contributed by atoms with Crippen LogP contribution in [0.3, 0.4) is 0 Å². The van der Waals surface area contributed by atoms with Crippen molar-refractivity contribution >= 4 is 30.1 Å². The van der Waals surface area contributed by atoms with Crippen LogP contribution in [0.1, 0.15) is 5.56 Å². The molecule has 0 fully saturated rings. The van der Waals surface area contributed by atoms with Crippen LogP contribution in [0.25, 0.3) is 0 Å². The van der Waals surface area contributed by atoms with Crippen molar-refractivity contribution in [2.45, 2.75) is 10.6 Å². The van der Waals surface area contributed by atoms with E-state index in [0.29, 0.717) is 0 Å². The molecule has 0 saturated carbocycles. The van der Waals surface area contributed by atoms with E-state index in [0.717, 1.165) is 12.3 Å². The topological polar surface area (TPSA) is 12.0 Å². The fourth-order valence-electron chi connectivity index (χ4n) is 1.28. The summed E-state index contributed by atoms with van der Waals surface area (Å²) in [4.78, 5) is 1.37. The van der Waals surface area contributed by atoms with Gasteiger partial charge in [-0.2, -0.15) is 12.6 Å². The van der Waals surface area contributed by atoms with Gasteiger partial charge in [-0.05, 0) is 17.7 Å². The third kappa shape index (κ3) is 1.57. The Bertz CT molecular complexity index is 286. The summed E-state index contributed by atoms with van der Waals surface area (Å²) in [6, 6.07) is 6.50. The third-order valence-corrected chi connectivity index (χ3v) is 3.33. The summed E-state index contributed by atoms with van der Waals surface area (Å²) < 4.78 is 0. The fraction of sp³-hybridized carbons (Fsp3) is 0.333. The van der Waals surface area contributed by atoms with Crippen LogP contribution in [-0.2, 0) is 5.75 Å². The van der Waals surface area contributed by atoms with Crippen molar-refractivity contribution in [2.75, 3.05) is 17.6 Å². The quantitative estimate of drug-likeness (QED) is 0.671. The number of anilines is 1. The molecule has 3 heteroatoms. The molecule has 0 bridgehead atoms. The van der Waals surface area contributed by atoms with Crippen molar-refractivity contribution in [3.8, 4) is 0 Å². The predicted molar refractivity (Wildman–Crippen MR) is 58.3 cm³/mol. The lowest BCUT2D eigenvalue weighted by Gasteiger charge is -2.17. The first-order valence-corrected chi connectivity index (χ1v) is 5.62. The molecule has 1 aromatic carbocycles. The van der Waals surface area contributed by atoms with Gasteiger partial charge in [-0.1, -0.05) is 6.07 Å². The lowest BCUT2D eigenvalue weighted by molar-refractivity contribution is 1.16. The first-order chi connectivity index (χ1) is 5.90. The van der Waals surface area contributed by atoms with Crippen molar-refractivity contribution in [3.05, 3.63) is 23.8 Å². The van der Waals surface area contributed by atoms with Gasteiger partial charge in [0.05, 0.1) is 0 Å². The predicted octanol–water partition coefficient (Wildman–Crippen LogP) is 2.63. The number of benzene rings is 1. The van der Waals surface area contributed by atoms with Gasteiger partial charge >= 0.3 is 0 Å². The largest absolute Gasteiger partial charge is 0.383 e. The Morgan fingerprint density at radius 3 is 3.25 bits per heavy atom. The van der Waals surface area contributed by atoms with Crippen molar-refractivity contribution < 1.29 is 0 Å². The van der Waals surface area contributed by atoms with E-state index in [1.807, 2.05) is 11.8 Å². The molecule has 0 saturated heterocycles. The van der Waals surface area contributed by atoms with E-state index >= 15 is 0 Å². The highest BCUT2D eigenvalue weighted by Gasteiger charge is 2.08. The molecule has 1 nitrogen and oxygen atoms in total. The lowest BCUT2D eigenvalue weighted by atomic mass is 10.2. The van der Waals surface area contributed by atoms with E-state index in [1.165, 1.54) is 21.9 Å². The molecule has 0 unspecified atom stereocenters. The van der Waals surface area contributed by atoms with Crippen molar-refractivity contribution in [1.29, 1.82) is 0 Å². The summed E-state index contributed by atoms with van der Waals surface area (Å²) in [5.74, 6) is 2.00. The Labute approximate surface area is 82.3 Å². The van der Waals surface area contributed by atoms with E-state index in [9.17, 15) is 0 Å². The van der Waals surface area contributed by atoms with Crippen molar-refractivity contribution in [3.63, 3.8) is 0 Å². The number of nitrogens with one attached hydrogen (secondary N) is 1. The first kappa shape index (κ1) is 8.32. The number of hydrogen-bond donors (Lipinski definition) is 2. The summed E-state index contributed by atoms with van der Waals surface area (Å²) in [6.07, 6.45) is 0. The molecule has 0 aromatic heterocycles. The minimum atomic E-state index is 0.827. The lowest BCUT2D eigenvalue weighted by Crippen LogP contribution is -2.09. The molecule has 64 valence electrons. The maximum atomic E-state index is 4.25. The molecule has 2 rings (SSSR count). The Morgan fingerprint density at radius 2 is 2.42 bits per heavy atom. The van der Waals surface area contributed by atoms with Gasteiger partial charge in [-0.25, -0.2) is 0 Å². The maximum Gasteiger partial charge on any atom is 0.0478 e. The van der Waals surface area contributed by atoms with Crippen LogP contribution < -0.4 is 5.32 Å². The average Bonchev–Trinajstić information content (AvgIpc) is 2.17. The van der Waals surface area contributed by atoms with E-state index < -0.39 is 0 Å². The molecule has 0 amide bonds. The van der Waals surface area contributed by atoms with E-state index in [1.54, 1.807) is 0 Å². The molecule has 1 aromatic rings. The highest BCUT2D eigenvalue weighted by molar-refractivity contribution is 7.99. The van der Waals surface area contributed by atoms with Crippen LogP contribution in [0.15, 0.2) is 23.1 Å².